The van der Waals surface area contributed by atoms with Gasteiger partial charge in [0.05, 0.1) is 5.41 Å². The van der Waals surface area contributed by atoms with E-state index in [9.17, 15) is 9.90 Å². The molecule has 0 atom stereocenters. The molecule has 1 saturated heterocycles. The van der Waals surface area contributed by atoms with E-state index in [0.29, 0.717) is 40.9 Å². The first kappa shape index (κ1) is 31.8. The highest BCUT2D eigenvalue weighted by atomic mass is 35.5. The summed E-state index contributed by atoms with van der Waals surface area (Å²) in [4.78, 5) is 18.8. The first-order valence-corrected chi connectivity index (χ1v) is 14.7. The highest BCUT2D eigenvalue weighted by Crippen LogP contribution is 2.39. The number of carbonyl (C=O) groups is 1. The lowest BCUT2D eigenvalue weighted by atomic mass is 9.70. The second kappa shape index (κ2) is 13.3. The van der Waals surface area contributed by atoms with Crippen LogP contribution in [0.15, 0.2) is 47.0 Å². The maximum atomic E-state index is 11.9. The molecule has 1 aliphatic heterocycles. The number of hydrogen-bond donors (Lipinski definition) is 1. The smallest absolute Gasteiger partial charge is 0.309 e. The van der Waals surface area contributed by atoms with Crippen molar-refractivity contribution in [2.45, 2.75) is 81.2 Å². The third-order valence-electron chi connectivity index (χ3n) is 7.25. The van der Waals surface area contributed by atoms with Gasteiger partial charge in [-0.1, -0.05) is 102 Å². The van der Waals surface area contributed by atoms with Gasteiger partial charge in [0.2, 0.25) is 5.82 Å². The Morgan fingerprint density at radius 2 is 1.60 bits per heavy atom. The van der Waals surface area contributed by atoms with Gasteiger partial charge in [-0.05, 0) is 72.9 Å². The molecule has 0 unspecified atom stereocenters. The number of carboxylic acids is 1. The van der Waals surface area contributed by atoms with Crippen LogP contribution in [-0.2, 0) is 17.8 Å². The number of piperidine rings is 1. The molecule has 0 amide bonds. The Morgan fingerprint density at radius 3 is 2.10 bits per heavy atom. The number of rotatable bonds is 8. The maximum Gasteiger partial charge on any atom is 0.309 e. The first-order valence-electron chi connectivity index (χ1n) is 14.4. The van der Waals surface area contributed by atoms with E-state index in [4.69, 9.17) is 16.1 Å². The minimum atomic E-state index is -0.662. The van der Waals surface area contributed by atoms with Gasteiger partial charge in [-0.25, -0.2) is 0 Å². The van der Waals surface area contributed by atoms with E-state index in [0.717, 1.165) is 42.7 Å². The van der Waals surface area contributed by atoms with E-state index < -0.39 is 11.4 Å². The Balaban J connectivity index is 0.000000810. The van der Waals surface area contributed by atoms with Crippen LogP contribution in [-0.4, -0.2) is 39.2 Å². The SMILES string of the molecule is CC(C)(C)C.CC(C)Cc1ccc(-c2nc(-c3ccc(CN4CCC(C(=O)O)(C(C)C)CC4)cc3)no2)cc1Cl. The molecule has 4 rings (SSSR count). The Hall–Kier alpha value is -2.70. The van der Waals surface area contributed by atoms with E-state index in [1.165, 1.54) is 5.56 Å². The zero-order chi connectivity index (χ0) is 29.7. The van der Waals surface area contributed by atoms with Gasteiger partial charge in [-0.15, -0.1) is 0 Å². The molecule has 1 fully saturated rings. The second-order valence-corrected chi connectivity index (χ2v) is 13.8. The molecule has 3 aromatic rings. The van der Waals surface area contributed by atoms with Crippen LogP contribution < -0.4 is 0 Å². The molecule has 1 aliphatic rings. The predicted octanol–water partition coefficient (Wildman–Crippen LogP) is 8.63. The van der Waals surface area contributed by atoms with E-state index in [1.807, 2.05) is 44.2 Å². The largest absolute Gasteiger partial charge is 0.481 e. The Morgan fingerprint density at radius 1 is 1.02 bits per heavy atom. The third kappa shape index (κ3) is 8.65. The van der Waals surface area contributed by atoms with Crippen LogP contribution in [0.1, 0.15) is 79.4 Å². The van der Waals surface area contributed by atoms with Crippen LogP contribution in [0.2, 0.25) is 5.02 Å². The molecule has 40 heavy (non-hydrogen) atoms. The molecule has 2 heterocycles. The van der Waals surface area contributed by atoms with Crippen LogP contribution in [0.4, 0.5) is 0 Å². The van der Waals surface area contributed by atoms with Gasteiger partial charge in [0.15, 0.2) is 0 Å². The van der Waals surface area contributed by atoms with E-state index >= 15 is 0 Å². The van der Waals surface area contributed by atoms with Gasteiger partial charge >= 0.3 is 5.97 Å². The number of benzene rings is 2. The minimum Gasteiger partial charge on any atom is -0.481 e. The van der Waals surface area contributed by atoms with Crippen molar-refractivity contribution in [3.8, 4) is 22.8 Å². The molecule has 0 radical (unpaired) electrons. The summed E-state index contributed by atoms with van der Waals surface area (Å²) in [6.45, 7) is 19.5. The van der Waals surface area contributed by atoms with Gasteiger partial charge in [0.25, 0.3) is 5.89 Å². The molecular weight excluding hydrogens is 522 g/mol. The van der Waals surface area contributed by atoms with Crippen LogP contribution in [0.3, 0.4) is 0 Å². The molecule has 1 N–H and O–H groups in total. The summed E-state index contributed by atoms with van der Waals surface area (Å²) in [5, 5.41) is 14.6. The number of nitrogens with zero attached hydrogens (tertiary/aromatic N) is 3. The molecule has 7 heteroatoms. The molecule has 1 aromatic heterocycles. The van der Waals surface area contributed by atoms with E-state index in [-0.39, 0.29) is 5.92 Å². The predicted molar refractivity (Wildman–Crippen MR) is 163 cm³/mol. The number of hydrogen-bond acceptors (Lipinski definition) is 5. The number of aromatic nitrogens is 2. The van der Waals surface area contributed by atoms with Crippen LogP contribution in [0.5, 0.6) is 0 Å². The van der Waals surface area contributed by atoms with Crippen molar-refractivity contribution in [1.82, 2.24) is 15.0 Å². The first-order chi connectivity index (χ1) is 18.7. The number of aliphatic carboxylic acids is 1. The van der Waals surface area contributed by atoms with Crippen LogP contribution in [0.25, 0.3) is 22.8 Å². The molecule has 0 aliphatic carbocycles. The van der Waals surface area contributed by atoms with Crippen molar-refractivity contribution in [1.29, 1.82) is 0 Å². The van der Waals surface area contributed by atoms with Crippen molar-refractivity contribution in [2.75, 3.05) is 13.1 Å². The van der Waals surface area contributed by atoms with Crippen molar-refractivity contribution in [3.05, 3.63) is 58.6 Å². The van der Waals surface area contributed by atoms with E-state index in [1.54, 1.807) is 0 Å². The summed E-state index contributed by atoms with van der Waals surface area (Å²) >= 11 is 6.47. The van der Waals surface area contributed by atoms with Crippen LogP contribution in [0, 0.1) is 22.7 Å². The van der Waals surface area contributed by atoms with E-state index in [2.05, 4.69) is 68.7 Å². The average Bonchev–Trinajstić information content (AvgIpc) is 3.35. The molecule has 0 spiro atoms. The highest BCUT2D eigenvalue weighted by molar-refractivity contribution is 6.31. The van der Waals surface area contributed by atoms with Crippen molar-refractivity contribution < 1.29 is 14.4 Å². The van der Waals surface area contributed by atoms with Gasteiger partial charge in [0, 0.05) is 22.7 Å². The molecule has 6 nitrogen and oxygen atoms in total. The second-order valence-electron chi connectivity index (χ2n) is 13.4. The number of likely N-dealkylation sites (tertiary alicyclic amines) is 1. The molecule has 218 valence electrons. The summed E-state index contributed by atoms with van der Waals surface area (Å²) < 4.78 is 5.51. The van der Waals surface area contributed by atoms with Crippen molar-refractivity contribution >= 4 is 17.6 Å². The lowest BCUT2D eigenvalue weighted by Gasteiger charge is -2.41. The Bertz CT molecular complexity index is 1240. The molecule has 0 saturated carbocycles. The monoisotopic (exact) mass is 567 g/mol. The number of carboxylic acid groups (broad SMARTS) is 1. The Labute approximate surface area is 245 Å². The topological polar surface area (TPSA) is 79.5 Å². The fraction of sp³-hybridized carbons (Fsp3) is 0.545. The highest BCUT2D eigenvalue weighted by Gasteiger charge is 2.43. The standard InChI is InChI=1S/C28H34ClN3O3.C5H12/c1-18(2)15-22-9-10-23(16-24(22)29)26-30-25(31-35-26)21-7-5-20(6-8-21)17-32-13-11-28(12-14-32,19(3)4)27(33)34;1-5(2,3)4/h5-10,16,18-19H,11-15,17H2,1-4H3,(H,33,34);1-4H3. The normalized spacial score (nSPS) is 15.7. The fourth-order valence-corrected chi connectivity index (χ4v) is 5.17. The summed E-state index contributed by atoms with van der Waals surface area (Å²) in [5.74, 6) is 0.988. The summed E-state index contributed by atoms with van der Waals surface area (Å²) in [6.07, 6.45) is 2.30. The van der Waals surface area contributed by atoms with Gasteiger partial charge in [0.1, 0.15) is 0 Å². The average molecular weight is 568 g/mol. The summed E-state index contributed by atoms with van der Waals surface area (Å²) in [5.41, 5.74) is 3.89. The number of halogens is 1. The summed E-state index contributed by atoms with van der Waals surface area (Å²) in [6, 6.07) is 14.0. The van der Waals surface area contributed by atoms with Crippen molar-refractivity contribution in [2.24, 2.45) is 22.7 Å². The van der Waals surface area contributed by atoms with Gasteiger partial charge < -0.3 is 9.63 Å². The maximum absolute atomic E-state index is 11.9. The Kier molecular flexibility index (Phi) is 10.6. The van der Waals surface area contributed by atoms with Crippen molar-refractivity contribution in [3.63, 3.8) is 0 Å². The minimum absolute atomic E-state index is 0.135. The molecule has 2 aromatic carbocycles. The van der Waals surface area contributed by atoms with Gasteiger partial charge in [-0.3, -0.25) is 9.69 Å². The molecule has 0 bridgehead atoms. The van der Waals surface area contributed by atoms with Gasteiger partial charge in [-0.2, -0.15) is 4.98 Å². The zero-order valence-corrected chi connectivity index (χ0v) is 26.2. The zero-order valence-electron chi connectivity index (χ0n) is 25.4. The fourth-order valence-electron chi connectivity index (χ4n) is 4.91. The van der Waals surface area contributed by atoms with Crippen LogP contribution >= 0.6 is 11.6 Å². The molecular formula is C33H46ClN3O3. The third-order valence-corrected chi connectivity index (χ3v) is 7.60. The lowest BCUT2D eigenvalue weighted by molar-refractivity contribution is -0.155. The summed E-state index contributed by atoms with van der Waals surface area (Å²) in [7, 11) is 0. The quantitative estimate of drug-likeness (QED) is 0.293. The lowest BCUT2D eigenvalue weighted by Crippen LogP contribution is -2.47.